The van der Waals surface area contributed by atoms with E-state index in [0.717, 1.165) is 0 Å². The molecular weight excluding hydrogens is 245 g/mol. The van der Waals surface area contributed by atoms with Crippen molar-refractivity contribution in [3.8, 4) is 0 Å². The zero-order valence-electron chi connectivity index (χ0n) is 10.7. The number of nitrogens with zero attached hydrogens (tertiary/aromatic N) is 1. The minimum Gasteiger partial charge on any atom is -0.387 e. The number of pyridine rings is 1. The maximum Gasteiger partial charge on any atom is 0.259 e. The van der Waals surface area contributed by atoms with Crippen molar-refractivity contribution in [3.05, 3.63) is 53.6 Å². The molecule has 0 saturated heterocycles. The summed E-state index contributed by atoms with van der Waals surface area (Å²) < 4.78 is 13.4. The number of aromatic nitrogens is 1. The highest BCUT2D eigenvalue weighted by Crippen LogP contribution is 2.17. The Balaban J connectivity index is 2.23. The monoisotopic (exact) mass is 259 g/mol. The molecule has 0 spiro atoms. The van der Waals surface area contributed by atoms with E-state index in [-0.39, 0.29) is 11.7 Å². The van der Waals surface area contributed by atoms with Gasteiger partial charge >= 0.3 is 0 Å². The van der Waals surface area contributed by atoms with Crippen LogP contribution in [0.3, 0.4) is 0 Å². The lowest BCUT2D eigenvalue weighted by molar-refractivity contribution is 0.102. The maximum absolute atomic E-state index is 13.4. The lowest BCUT2D eigenvalue weighted by Crippen LogP contribution is -2.14. The van der Waals surface area contributed by atoms with Crippen LogP contribution in [0.4, 0.5) is 15.8 Å². The van der Waals surface area contributed by atoms with Crippen molar-refractivity contribution in [1.82, 2.24) is 4.98 Å². The van der Waals surface area contributed by atoms with E-state index in [1.54, 1.807) is 38.4 Å². The molecule has 0 atom stereocenters. The second-order valence-corrected chi connectivity index (χ2v) is 4.09. The third-order valence-electron chi connectivity index (χ3n) is 2.76. The molecule has 4 nitrogen and oxygen atoms in total. The van der Waals surface area contributed by atoms with Gasteiger partial charge in [-0.2, -0.15) is 0 Å². The molecule has 1 amide bonds. The van der Waals surface area contributed by atoms with Crippen molar-refractivity contribution >= 4 is 17.3 Å². The van der Waals surface area contributed by atoms with E-state index < -0.39 is 0 Å². The Morgan fingerprint density at radius 1 is 1.32 bits per heavy atom. The van der Waals surface area contributed by atoms with Gasteiger partial charge in [-0.25, -0.2) is 4.39 Å². The molecular formula is C14H14FN3O. The third-order valence-corrected chi connectivity index (χ3v) is 2.76. The first-order valence-electron chi connectivity index (χ1n) is 5.81. The summed E-state index contributed by atoms with van der Waals surface area (Å²) >= 11 is 0. The number of rotatable bonds is 3. The quantitative estimate of drug-likeness (QED) is 0.891. The lowest BCUT2D eigenvalue weighted by Gasteiger charge is -2.09. The van der Waals surface area contributed by atoms with E-state index in [0.29, 0.717) is 22.5 Å². The Hall–Kier alpha value is -2.43. The summed E-state index contributed by atoms with van der Waals surface area (Å²) in [6.07, 6.45) is 3.06. The maximum atomic E-state index is 13.4. The van der Waals surface area contributed by atoms with Gasteiger partial charge in [-0.1, -0.05) is 6.07 Å². The molecule has 2 rings (SSSR count). The minimum atomic E-state index is -0.349. The number of carbonyl (C=O) groups is 1. The van der Waals surface area contributed by atoms with Crippen LogP contribution < -0.4 is 10.6 Å². The molecule has 5 heteroatoms. The summed E-state index contributed by atoms with van der Waals surface area (Å²) in [5.74, 6) is -0.682. The Morgan fingerprint density at radius 3 is 2.79 bits per heavy atom. The SMILES string of the molecule is CNc1ccncc1C(=O)Nc1ccc(C)c(F)c1. The molecule has 0 aliphatic rings. The fourth-order valence-electron chi connectivity index (χ4n) is 1.66. The molecule has 1 aromatic heterocycles. The summed E-state index contributed by atoms with van der Waals surface area (Å²) in [4.78, 5) is 16.0. The molecule has 0 unspecified atom stereocenters. The molecule has 0 saturated carbocycles. The number of anilines is 2. The number of nitrogens with one attached hydrogen (secondary N) is 2. The molecule has 98 valence electrons. The number of hydrogen-bond donors (Lipinski definition) is 2. The van der Waals surface area contributed by atoms with Crippen molar-refractivity contribution in [3.63, 3.8) is 0 Å². The van der Waals surface area contributed by atoms with Gasteiger partial charge in [0.2, 0.25) is 0 Å². The Labute approximate surface area is 110 Å². The van der Waals surface area contributed by atoms with Crippen LogP contribution in [0.2, 0.25) is 0 Å². The van der Waals surface area contributed by atoms with E-state index in [1.807, 2.05) is 0 Å². The first-order chi connectivity index (χ1) is 9.11. The number of halogens is 1. The molecule has 2 aromatic rings. The lowest BCUT2D eigenvalue weighted by atomic mass is 10.2. The standard InChI is InChI=1S/C14H14FN3O/c1-9-3-4-10(7-12(9)15)18-14(19)11-8-17-6-5-13(11)16-2/h3-8H,1-2H3,(H,16,17)(H,18,19). The normalized spacial score (nSPS) is 10.1. The van der Waals surface area contributed by atoms with Crippen LogP contribution in [0.25, 0.3) is 0 Å². The number of carbonyl (C=O) groups excluding carboxylic acids is 1. The number of benzene rings is 1. The third kappa shape index (κ3) is 2.88. The Bertz CT molecular complexity index is 613. The van der Waals surface area contributed by atoms with Crippen LogP contribution in [0.5, 0.6) is 0 Å². The average Bonchev–Trinajstić information content (AvgIpc) is 2.43. The van der Waals surface area contributed by atoms with E-state index in [1.165, 1.54) is 12.3 Å². The molecule has 0 bridgehead atoms. The Morgan fingerprint density at radius 2 is 2.11 bits per heavy atom. The zero-order chi connectivity index (χ0) is 13.8. The summed E-state index contributed by atoms with van der Waals surface area (Å²) in [7, 11) is 1.72. The average molecular weight is 259 g/mol. The van der Waals surface area contributed by atoms with Crippen molar-refractivity contribution < 1.29 is 9.18 Å². The van der Waals surface area contributed by atoms with Crippen LogP contribution in [-0.2, 0) is 0 Å². The highest BCUT2D eigenvalue weighted by Gasteiger charge is 2.11. The van der Waals surface area contributed by atoms with Gasteiger partial charge in [0.05, 0.1) is 5.56 Å². The van der Waals surface area contributed by atoms with Gasteiger partial charge in [-0.15, -0.1) is 0 Å². The second kappa shape index (κ2) is 5.48. The van der Waals surface area contributed by atoms with Crippen LogP contribution in [-0.4, -0.2) is 17.9 Å². The molecule has 0 radical (unpaired) electrons. The summed E-state index contributed by atoms with van der Waals surface area (Å²) in [6, 6.07) is 6.27. The highest BCUT2D eigenvalue weighted by atomic mass is 19.1. The van der Waals surface area contributed by atoms with Crippen molar-refractivity contribution in [2.75, 3.05) is 17.7 Å². The fraction of sp³-hybridized carbons (Fsp3) is 0.143. The van der Waals surface area contributed by atoms with Gasteiger partial charge in [0.1, 0.15) is 5.82 Å². The van der Waals surface area contributed by atoms with Gasteiger partial charge in [0.25, 0.3) is 5.91 Å². The number of amides is 1. The van der Waals surface area contributed by atoms with E-state index >= 15 is 0 Å². The van der Waals surface area contributed by atoms with Gasteiger partial charge < -0.3 is 10.6 Å². The summed E-state index contributed by atoms with van der Waals surface area (Å²) in [5, 5.41) is 5.55. The zero-order valence-corrected chi connectivity index (χ0v) is 10.7. The number of hydrogen-bond acceptors (Lipinski definition) is 3. The van der Waals surface area contributed by atoms with Crippen LogP contribution in [0.15, 0.2) is 36.7 Å². The molecule has 0 fully saturated rings. The Kier molecular flexibility index (Phi) is 3.75. The van der Waals surface area contributed by atoms with E-state index in [4.69, 9.17) is 0 Å². The molecule has 0 aliphatic carbocycles. The largest absolute Gasteiger partial charge is 0.387 e. The van der Waals surface area contributed by atoms with Crippen LogP contribution in [0, 0.1) is 12.7 Å². The predicted octanol–water partition coefficient (Wildman–Crippen LogP) is 2.82. The topological polar surface area (TPSA) is 54.0 Å². The predicted molar refractivity (Wildman–Crippen MR) is 72.9 cm³/mol. The number of aryl methyl sites for hydroxylation is 1. The second-order valence-electron chi connectivity index (χ2n) is 4.09. The van der Waals surface area contributed by atoms with Gasteiger partial charge in [-0.05, 0) is 30.7 Å². The van der Waals surface area contributed by atoms with E-state index in [2.05, 4.69) is 15.6 Å². The van der Waals surface area contributed by atoms with Gasteiger partial charge in [-0.3, -0.25) is 9.78 Å². The van der Waals surface area contributed by atoms with Crippen LogP contribution in [0.1, 0.15) is 15.9 Å². The van der Waals surface area contributed by atoms with Crippen LogP contribution >= 0.6 is 0 Å². The summed E-state index contributed by atoms with van der Waals surface area (Å²) in [6.45, 7) is 1.67. The van der Waals surface area contributed by atoms with Gasteiger partial charge in [0.15, 0.2) is 0 Å². The first-order valence-corrected chi connectivity index (χ1v) is 5.81. The van der Waals surface area contributed by atoms with Crippen molar-refractivity contribution in [1.29, 1.82) is 0 Å². The minimum absolute atomic E-state index is 0.333. The molecule has 19 heavy (non-hydrogen) atoms. The van der Waals surface area contributed by atoms with E-state index in [9.17, 15) is 9.18 Å². The first kappa shape index (κ1) is 13.0. The highest BCUT2D eigenvalue weighted by molar-refractivity contribution is 6.07. The molecule has 2 N–H and O–H groups in total. The summed E-state index contributed by atoms with van der Waals surface area (Å²) in [5.41, 5.74) is 2.03. The molecule has 1 heterocycles. The van der Waals surface area contributed by atoms with Gasteiger partial charge in [0, 0.05) is 30.8 Å². The fourth-order valence-corrected chi connectivity index (χ4v) is 1.66. The molecule has 0 aliphatic heterocycles. The molecule has 1 aromatic carbocycles. The van der Waals surface area contributed by atoms with Crippen molar-refractivity contribution in [2.45, 2.75) is 6.92 Å². The smallest absolute Gasteiger partial charge is 0.259 e. The van der Waals surface area contributed by atoms with Crippen molar-refractivity contribution in [2.24, 2.45) is 0 Å².